The molecule has 0 aromatic heterocycles. The van der Waals surface area contributed by atoms with Crippen molar-refractivity contribution in [3.05, 3.63) is 35.4 Å². The molecule has 20 heavy (non-hydrogen) atoms. The Hall–Kier alpha value is -0.860. The summed E-state index contributed by atoms with van der Waals surface area (Å²) in [7, 11) is 0. The monoisotopic (exact) mass is 274 g/mol. The molecule has 2 saturated carbocycles. The molecule has 2 aliphatic rings. The lowest BCUT2D eigenvalue weighted by molar-refractivity contribution is -0.0380. The van der Waals surface area contributed by atoms with Gasteiger partial charge in [0.15, 0.2) is 0 Å². The van der Waals surface area contributed by atoms with Crippen LogP contribution in [-0.4, -0.2) is 17.8 Å². The molecule has 0 heterocycles. The van der Waals surface area contributed by atoms with Gasteiger partial charge in [-0.05, 0) is 62.0 Å². The van der Waals surface area contributed by atoms with Gasteiger partial charge in [-0.1, -0.05) is 30.7 Å². The topological polar surface area (TPSA) is 29.5 Å². The van der Waals surface area contributed by atoms with Gasteiger partial charge >= 0.3 is 0 Å². The molecule has 1 unspecified atom stereocenters. The molecule has 0 radical (unpaired) electrons. The lowest BCUT2D eigenvalue weighted by Gasteiger charge is -2.36. The van der Waals surface area contributed by atoms with Gasteiger partial charge in [0.1, 0.15) is 0 Å². The number of aliphatic hydroxyl groups is 1. The van der Waals surface area contributed by atoms with E-state index in [0.29, 0.717) is 12.0 Å². The van der Waals surface area contributed by atoms with Crippen molar-refractivity contribution in [3.8, 4) is 0 Å². The lowest BCUT2D eigenvalue weighted by atomic mass is 9.76. The quantitative estimate of drug-likeness (QED) is 0.842. The summed E-state index contributed by atoms with van der Waals surface area (Å²) in [6.07, 6.45) is 7.26. The maximum absolute atomic E-state index is 10.4. The van der Waals surface area contributed by atoms with Crippen LogP contribution in [0.25, 0.3) is 0 Å². The largest absolute Gasteiger partial charge is 0.388 e. The van der Waals surface area contributed by atoms with Gasteiger partial charge in [0.2, 0.25) is 0 Å². The average molecular weight is 274 g/mol. The Balaban J connectivity index is 1.53. The zero-order valence-electron chi connectivity index (χ0n) is 12.4. The van der Waals surface area contributed by atoms with Crippen LogP contribution in [0.2, 0.25) is 0 Å². The molecular formula is C18H26O2. The Morgan fingerprint density at radius 3 is 2.75 bits per heavy atom. The summed E-state index contributed by atoms with van der Waals surface area (Å²) >= 11 is 0. The van der Waals surface area contributed by atoms with E-state index in [1.165, 1.54) is 24.8 Å². The van der Waals surface area contributed by atoms with Crippen molar-refractivity contribution in [2.75, 3.05) is 6.61 Å². The molecule has 0 spiro atoms. The second-order valence-electron chi connectivity index (χ2n) is 6.46. The number of benzene rings is 1. The van der Waals surface area contributed by atoms with Crippen LogP contribution in [0.1, 0.15) is 68.6 Å². The van der Waals surface area contributed by atoms with Gasteiger partial charge in [0.05, 0.1) is 12.2 Å². The van der Waals surface area contributed by atoms with E-state index in [0.717, 1.165) is 37.4 Å². The van der Waals surface area contributed by atoms with Crippen molar-refractivity contribution in [1.29, 1.82) is 0 Å². The van der Waals surface area contributed by atoms with Crippen LogP contribution in [0.15, 0.2) is 24.3 Å². The summed E-state index contributed by atoms with van der Waals surface area (Å²) in [5.74, 6) is 1.38. The van der Waals surface area contributed by atoms with Crippen molar-refractivity contribution >= 4 is 0 Å². The number of ether oxygens (including phenoxy) is 1. The molecule has 110 valence electrons. The molecule has 2 aliphatic carbocycles. The maximum atomic E-state index is 10.4. The van der Waals surface area contributed by atoms with Crippen molar-refractivity contribution < 1.29 is 9.84 Å². The molecule has 2 nitrogen and oxygen atoms in total. The standard InChI is InChI=1S/C18H26O2/c1-2-20-17-9-13(10-17)11-18(19)16-8-4-7-15(12-16)14-5-3-6-14/h4,7-8,12-14,17-19H,2-3,5-6,9-11H2,1H3. The van der Waals surface area contributed by atoms with Gasteiger partial charge in [-0.25, -0.2) is 0 Å². The fourth-order valence-corrected chi connectivity index (χ4v) is 3.45. The third-order valence-electron chi connectivity index (χ3n) is 5.02. The first kappa shape index (κ1) is 14.1. The Labute approximate surface area is 122 Å². The summed E-state index contributed by atoms with van der Waals surface area (Å²) in [5, 5.41) is 10.4. The number of aliphatic hydroxyl groups excluding tert-OH is 1. The fourth-order valence-electron chi connectivity index (χ4n) is 3.45. The Bertz CT molecular complexity index is 433. The van der Waals surface area contributed by atoms with E-state index in [1.54, 1.807) is 0 Å². The lowest BCUT2D eigenvalue weighted by Crippen LogP contribution is -2.32. The fraction of sp³-hybridized carbons (Fsp3) is 0.667. The summed E-state index contributed by atoms with van der Waals surface area (Å²) < 4.78 is 5.59. The van der Waals surface area contributed by atoms with Crippen LogP contribution in [0.5, 0.6) is 0 Å². The molecule has 0 saturated heterocycles. The molecule has 1 atom stereocenters. The first-order chi connectivity index (χ1) is 9.76. The van der Waals surface area contributed by atoms with Gasteiger partial charge < -0.3 is 9.84 Å². The van der Waals surface area contributed by atoms with E-state index in [-0.39, 0.29) is 6.10 Å². The summed E-state index contributed by atoms with van der Waals surface area (Å²) in [4.78, 5) is 0. The first-order valence-corrected chi connectivity index (χ1v) is 8.15. The SMILES string of the molecule is CCOC1CC(CC(O)c2cccc(C3CCC3)c2)C1. The molecule has 1 N–H and O–H groups in total. The minimum Gasteiger partial charge on any atom is -0.388 e. The molecule has 3 rings (SSSR count). The van der Waals surface area contributed by atoms with Gasteiger partial charge in [0, 0.05) is 6.61 Å². The molecular weight excluding hydrogens is 248 g/mol. The minimum atomic E-state index is -0.303. The molecule has 2 fully saturated rings. The van der Waals surface area contributed by atoms with E-state index in [9.17, 15) is 5.11 Å². The third-order valence-corrected chi connectivity index (χ3v) is 5.02. The Kier molecular flexibility index (Phi) is 4.42. The summed E-state index contributed by atoms with van der Waals surface area (Å²) in [5.41, 5.74) is 2.53. The second-order valence-corrected chi connectivity index (χ2v) is 6.46. The van der Waals surface area contributed by atoms with Gasteiger partial charge in [-0.3, -0.25) is 0 Å². The van der Waals surface area contributed by atoms with Crippen molar-refractivity contribution in [2.24, 2.45) is 5.92 Å². The van der Waals surface area contributed by atoms with Crippen LogP contribution >= 0.6 is 0 Å². The molecule has 1 aromatic carbocycles. The van der Waals surface area contributed by atoms with E-state index < -0.39 is 0 Å². The molecule has 0 amide bonds. The van der Waals surface area contributed by atoms with E-state index in [1.807, 2.05) is 6.92 Å². The van der Waals surface area contributed by atoms with Crippen LogP contribution < -0.4 is 0 Å². The molecule has 0 aliphatic heterocycles. The Morgan fingerprint density at radius 1 is 1.30 bits per heavy atom. The van der Waals surface area contributed by atoms with Crippen LogP contribution in [0.4, 0.5) is 0 Å². The highest BCUT2D eigenvalue weighted by atomic mass is 16.5. The van der Waals surface area contributed by atoms with E-state index in [4.69, 9.17) is 4.74 Å². The average Bonchev–Trinajstić information content (AvgIpc) is 2.34. The van der Waals surface area contributed by atoms with Gasteiger partial charge in [-0.15, -0.1) is 0 Å². The summed E-state index contributed by atoms with van der Waals surface area (Å²) in [6, 6.07) is 8.63. The zero-order valence-corrected chi connectivity index (χ0v) is 12.4. The second kappa shape index (κ2) is 6.28. The predicted octanol–water partition coefficient (Wildman–Crippen LogP) is 4.19. The highest BCUT2D eigenvalue weighted by Gasteiger charge is 2.31. The summed E-state index contributed by atoms with van der Waals surface area (Å²) in [6.45, 7) is 2.86. The number of rotatable bonds is 6. The first-order valence-electron chi connectivity index (χ1n) is 8.15. The molecule has 1 aromatic rings. The van der Waals surface area contributed by atoms with Crippen LogP contribution in [0.3, 0.4) is 0 Å². The maximum Gasteiger partial charge on any atom is 0.0792 e. The predicted molar refractivity (Wildman–Crippen MR) is 80.7 cm³/mol. The van der Waals surface area contributed by atoms with Crippen molar-refractivity contribution in [1.82, 2.24) is 0 Å². The molecule has 0 bridgehead atoms. The van der Waals surface area contributed by atoms with Gasteiger partial charge in [0.25, 0.3) is 0 Å². The molecule has 2 heteroatoms. The Morgan fingerprint density at radius 2 is 2.10 bits per heavy atom. The smallest absolute Gasteiger partial charge is 0.0792 e. The highest BCUT2D eigenvalue weighted by Crippen LogP contribution is 2.39. The van der Waals surface area contributed by atoms with Crippen LogP contribution in [0, 0.1) is 5.92 Å². The normalized spacial score (nSPS) is 27.7. The van der Waals surface area contributed by atoms with E-state index in [2.05, 4.69) is 24.3 Å². The highest BCUT2D eigenvalue weighted by molar-refractivity contribution is 5.29. The van der Waals surface area contributed by atoms with Crippen molar-refractivity contribution in [3.63, 3.8) is 0 Å². The minimum absolute atomic E-state index is 0.303. The zero-order chi connectivity index (χ0) is 13.9. The third kappa shape index (κ3) is 3.07. The van der Waals surface area contributed by atoms with Crippen molar-refractivity contribution in [2.45, 2.75) is 63.6 Å². The number of hydrogen-bond acceptors (Lipinski definition) is 2. The van der Waals surface area contributed by atoms with Crippen LogP contribution in [-0.2, 0) is 4.74 Å². The van der Waals surface area contributed by atoms with Gasteiger partial charge in [-0.2, -0.15) is 0 Å². The van der Waals surface area contributed by atoms with E-state index >= 15 is 0 Å². The number of hydrogen-bond donors (Lipinski definition) is 1.